The zero-order valence-electron chi connectivity index (χ0n) is 12.7. The average molecular weight is 358 g/mol. The summed E-state index contributed by atoms with van der Waals surface area (Å²) in [6, 6.07) is 2.67. The van der Waals surface area contributed by atoms with Crippen molar-refractivity contribution < 1.29 is 34.3 Å². The minimum atomic E-state index is -2.03. The van der Waals surface area contributed by atoms with Crippen LogP contribution < -0.4 is 4.74 Å². The molecule has 0 aromatic heterocycles. The lowest BCUT2D eigenvalue weighted by Crippen LogP contribution is -2.55. The van der Waals surface area contributed by atoms with Crippen LogP contribution in [0.3, 0.4) is 0 Å². The van der Waals surface area contributed by atoms with Gasteiger partial charge in [0.25, 0.3) is 5.69 Å². The summed E-state index contributed by atoms with van der Waals surface area (Å²) in [5.74, 6) is -1.02. The van der Waals surface area contributed by atoms with Crippen LogP contribution >= 0.6 is 0 Å². The van der Waals surface area contributed by atoms with E-state index >= 15 is 0 Å². The molecule has 3 N–H and O–H groups in total. The Bertz CT molecular complexity index is 731. The van der Waals surface area contributed by atoms with Crippen molar-refractivity contribution in [3.63, 3.8) is 0 Å². The van der Waals surface area contributed by atoms with Crippen molar-refractivity contribution in [3.8, 4) is 5.75 Å². The minimum Gasteiger partial charge on any atom is -0.480 e. The van der Waals surface area contributed by atoms with Crippen LogP contribution in [0.4, 0.5) is 15.8 Å². The monoisotopic (exact) mass is 358 g/mol. The Balaban J connectivity index is 1.92. The van der Waals surface area contributed by atoms with Crippen LogP contribution in [0.15, 0.2) is 18.2 Å². The Morgan fingerprint density at radius 2 is 1.96 bits per heavy atom. The number of nitro benzene ring substituents is 2. The van der Waals surface area contributed by atoms with Crippen LogP contribution in [0.5, 0.6) is 5.75 Å². The van der Waals surface area contributed by atoms with E-state index in [4.69, 9.17) is 4.74 Å². The number of nitrogens with zero attached hydrogens (tertiary/aromatic N) is 2. The van der Waals surface area contributed by atoms with E-state index in [1.54, 1.807) is 0 Å². The van der Waals surface area contributed by atoms with Crippen LogP contribution in [0, 0.1) is 31.6 Å². The summed E-state index contributed by atoms with van der Waals surface area (Å²) in [6.07, 6.45) is -6.45. The second kappa shape index (κ2) is 5.86. The molecule has 0 spiro atoms. The number of fused-ring (bicyclic) bond motifs is 1. The van der Waals surface area contributed by atoms with Gasteiger partial charge in [-0.1, -0.05) is 0 Å². The molecule has 11 heteroatoms. The maximum absolute atomic E-state index is 14.4. The van der Waals surface area contributed by atoms with E-state index in [0.717, 1.165) is 12.1 Å². The van der Waals surface area contributed by atoms with E-state index in [2.05, 4.69) is 0 Å². The fraction of sp³-hybridized carbons (Fsp3) is 0.571. The van der Waals surface area contributed by atoms with Gasteiger partial charge in [0.1, 0.15) is 12.2 Å². The van der Waals surface area contributed by atoms with E-state index in [0.29, 0.717) is 6.07 Å². The van der Waals surface area contributed by atoms with Crippen molar-refractivity contribution in [2.75, 3.05) is 6.61 Å². The van der Waals surface area contributed by atoms with Crippen LogP contribution in [-0.2, 0) is 0 Å². The molecule has 3 rings (SSSR count). The van der Waals surface area contributed by atoms with Gasteiger partial charge in [-0.2, -0.15) is 0 Å². The van der Waals surface area contributed by atoms with Gasteiger partial charge in [0, 0.05) is 17.4 Å². The van der Waals surface area contributed by atoms with Crippen LogP contribution in [0.25, 0.3) is 0 Å². The summed E-state index contributed by atoms with van der Waals surface area (Å²) in [5, 5.41) is 51.1. The number of halogens is 1. The Morgan fingerprint density at radius 1 is 1.28 bits per heavy atom. The first-order chi connectivity index (χ1) is 11.7. The van der Waals surface area contributed by atoms with Crippen molar-refractivity contribution in [2.45, 2.75) is 30.9 Å². The Kier molecular flexibility index (Phi) is 4.09. The van der Waals surface area contributed by atoms with Crippen molar-refractivity contribution in [2.24, 2.45) is 11.3 Å². The van der Waals surface area contributed by atoms with Crippen LogP contribution in [0.1, 0.15) is 6.42 Å². The normalized spacial score (nSPS) is 36.4. The molecule has 1 aromatic rings. The van der Waals surface area contributed by atoms with Crippen molar-refractivity contribution in [1.82, 2.24) is 0 Å². The predicted octanol–water partition coefficient (Wildman–Crippen LogP) is 0.322. The summed E-state index contributed by atoms with van der Waals surface area (Å²) in [5.41, 5.74) is -2.34. The highest BCUT2D eigenvalue weighted by atomic mass is 19.1. The van der Waals surface area contributed by atoms with Gasteiger partial charge in [0.05, 0.1) is 28.6 Å². The number of hydrogen-bond donors (Lipinski definition) is 3. The zero-order chi connectivity index (χ0) is 18.5. The molecule has 1 unspecified atom stereocenters. The number of ether oxygens (including phenoxy) is 1. The Hall–Kier alpha value is -2.37. The number of alkyl halides is 1. The lowest BCUT2D eigenvalue weighted by molar-refractivity contribution is -0.395. The molecule has 136 valence electrons. The third kappa shape index (κ3) is 2.60. The molecular formula is C14H15FN2O8. The molecule has 0 heterocycles. The molecule has 0 radical (unpaired) electrons. The van der Waals surface area contributed by atoms with E-state index in [-0.39, 0.29) is 12.2 Å². The average Bonchev–Trinajstić information content (AvgIpc) is 3.32. The standard InChI is InChI=1S/C14H15FN2O8/c15-10-11(19)13(20)14(5-18)4-7(14)12(10)25-9-2-1-6(16(21)22)3-8(9)17(23)24/h1-3,7,10-13,18-20H,4-5H2/t7-,10-,11-,12?,13-,14+/m1/s1. The highest BCUT2D eigenvalue weighted by Gasteiger charge is 2.70. The van der Waals surface area contributed by atoms with E-state index < -0.39 is 63.6 Å². The number of rotatable bonds is 5. The number of non-ortho nitro benzene ring substituents is 1. The van der Waals surface area contributed by atoms with Gasteiger partial charge in [-0.3, -0.25) is 20.2 Å². The number of aliphatic hydroxyl groups excluding tert-OH is 3. The van der Waals surface area contributed by atoms with Crippen molar-refractivity contribution >= 4 is 11.4 Å². The molecule has 0 bridgehead atoms. The molecule has 6 atom stereocenters. The maximum atomic E-state index is 14.4. The summed E-state index contributed by atoms with van der Waals surface area (Å²) in [6.45, 7) is -0.495. The summed E-state index contributed by atoms with van der Waals surface area (Å²) < 4.78 is 19.8. The van der Waals surface area contributed by atoms with Gasteiger partial charge in [0.2, 0.25) is 0 Å². The van der Waals surface area contributed by atoms with Crippen molar-refractivity contribution in [3.05, 3.63) is 38.4 Å². The third-order valence-corrected chi connectivity index (χ3v) is 5.03. The lowest BCUT2D eigenvalue weighted by atomic mass is 9.81. The summed E-state index contributed by atoms with van der Waals surface area (Å²) in [7, 11) is 0. The second-order valence-corrected chi connectivity index (χ2v) is 6.33. The molecule has 0 aliphatic heterocycles. The van der Waals surface area contributed by atoms with Gasteiger partial charge >= 0.3 is 5.69 Å². The second-order valence-electron chi connectivity index (χ2n) is 6.33. The van der Waals surface area contributed by atoms with Gasteiger partial charge in [-0.25, -0.2) is 4.39 Å². The van der Waals surface area contributed by atoms with Gasteiger partial charge in [-0.15, -0.1) is 0 Å². The largest absolute Gasteiger partial charge is 0.480 e. The number of benzene rings is 1. The highest BCUT2D eigenvalue weighted by molar-refractivity contribution is 5.53. The van der Waals surface area contributed by atoms with Crippen LogP contribution in [-0.4, -0.2) is 56.3 Å². The van der Waals surface area contributed by atoms with Crippen molar-refractivity contribution in [1.29, 1.82) is 0 Å². The topological polar surface area (TPSA) is 156 Å². The van der Waals surface area contributed by atoms with E-state index in [9.17, 15) is 39.9 Å². The summed E-state index contributed by atoms with van der Waals surface area (Å²) >= 11 is 0. The Labute approximate surface area is 139 Å². The molecular weight excluding hydrogens is 343 g/mol. The SMILES string of the molecule is O=[N+]([O-])c1ccc(OC2[C@H]3C[C@@]3(CO)[C@H](O)[C@H](O)[C@H]2F)c([N+](=O)[O-])c1. The molecule has 2 aliphatic rings. The first-order valence-electron chi connectivity index (χ1n) is 7.43. The lowest BCUT2D eigenvalue weighted by Gasteiger charge is -2.38. The number of hydrogen-bond acceptors (Lipinski definition) is 8. The molecule has 2 fully saturated rings. The first kappa shape index (κ1) is 17.5. The number of nitro groups is 2. The quantitative estimate of drug-likeness (QED) is 0.502. The Morgan fingerprint density at radius 3 is 2.52 bits per heavy atom. The van der Waals surface area contributed by atoms with Gasteiger partial charge < -0.3 is 20.1 Å². The number of aliphatic hydroxyl groups is 3. The van der Waals surface area contributed by atoms with E-state index in [1.165, 1.54) is 0 Å². The molecule has 25 heavy (non-hydrogen) atoms. The van der Waals surface area contributed by atoms with Gasteiger partial charge in [-0.05, 0) is 12.5 Å². The molecule has 2 aliphatic carbocycles. The smallest absolute Gasteiger partial charge is 0.317 e. The fourth-order valence-electron chi connectivity index (χ4n) is 3.50. The third-order valence-electron chi connectivity index (χ3n) is 5.03. The molecule has 10 nitrogen and oxygen atoms in total. The molecule has 2 saturated carbocycles. The fourth-order valence-corrected chi connectivity index (χ4v) is 3.50. The minimum absolute atomic E-state index is 0.188. The van der Waals surface area contributed by atoms with Crippen LogP contribution in [0.2, 0.25) is 0 Å². The maximum Gasteiger partial charge on any atom is 0.317 e. The van der Waals surface area contributed by atoms with E-state index in [1.807, 2.05) is 0 Å². The predicted molar refractivity (Wildman–Crippen MR) is 78.7 cm³/mol. The molecule has 0 saturated heterocycles. The van der Waals surface area contributed by atoms with Gasteiger partial charge in [0.15, 0.2) is 11.9 Å². The first-order valence-corrected chi connectivity index (χ1v) is 7.43. The zero-order valence-corrected chi connectivity index (χ0v) is 12.7. The highest BCUT2D eigenvalue weighted by Crippen LogP contribution is 2.62. The molecule has 0 amide bonds. The summed E-state index contributed by atoms with van der Waals surface area (Å²) in [4.78, 5) is 20.2. The molecule has 1 aromatic carbocycles.